The number of benzene rings is 2. The van der Waals surface area contributed by atoms with Crippen molar-refractivity contribution >= 4 is 0 Å². The minimum atomic E-state index is -0.470. The molecule has 2 aromatic rings. The molecular formula is C27H37NO2. The van der Waals surface area contributed by atoms with Crippen molar-refractivity contribution in [3.05, 3.63) is 71.3 Å². The first kappa shape index (κ1) is 21.5. The molecule has 2 aromatic carbocycles. The third kappa shape index (κ3) is 4.34. The zero-order valence-corrected chi connectivity index (χ0v) is 18.9. The normalized spacial score (nSPS) is 29.9. The summed E-state index contributed by atoms with van der Waals surface area (Å²) in [5.74, 6) is 1.29. The van der Waals surface area contributed by atoms with Gasteiger partial charge in [-0.25, -0.2) is 0 Å². The van der Waals surface area contributed by atoms with E-state index in [0.717, 1.165) is 30.9 Å². The summed E-state index contributed by atoms with van der Waals surface area (Å²) in [5.41, 5.74) is 3.58. The van der Waals surface area contributed by atoms with Gasteiger partial charge in [-0.15, -0.1) is 0 Å². The highest BCUT2D eigenvalue weighted by atomic mass is 16.5. The lowest BCUT2D eigenvalue weighted by Gasteiger charge is -2.57. The minimum absolute atomic E-state index is 0.00616. The molecule has 5 atom stereocenters. The summed E-state index contributed by atoms with van der Waals surface area (Å²) >= 11 is 0. The maximum atomic E-state index is 10.3. The van der Waals surface area contributed by atoms with Gasteiger partial charge in [-0.2, -0.15) is 0 Å². The fraction of sp³-hybridized carbons (Fsp3) is 0.556. The number of hydrogen-bond donors (Lipinski definition) is 1. The second-order valence-electron chi connectivity index (χ2n) is 10.00. The molecule has 1 aliphatic heterocycles. The molecule has 2 aliphatic rings. The fourth-order valence-corrected chi connectivity index (χ4v) is 5.71. The average Bonchev–Trinajstić information content (AvgIpc) is 2.71. The van der Waals surface area contributed by atoms with Gasteiger partial charge >= 0.3 is 0 Å². The Bertz CT molecular complexity index is 832. The maximum Gasteiger partial charge on any atom is 0.115 e. The van der Waals surface area contributed by atoms with E-state index in [0.29, 0.717) is 12.0 Å². The van der Waals surface area contributed by atoms with E-state index in [9.17, 15) is 5.11 Å². The number of hydrogen-bond acceptors (Lipinski definition) is 3. The summed E-state index contributed by atoms with van der Waals surface area (Å²) in [5, 5.41) is 10.3. The highest BCUT2D eigenvalue weighted by Gasteiger charge is 2.50. The number of aliphatic hydroxyl groups is 1. The molecule has 0 unspecified atom stereocenters. The van der Waals surface area contributed by atoms with Crippen molar-refractivity contribution in [3.63, 3.8) is 0 Å². The van der Waals surface area contributed by atoms with Gasteiger partial charge in [-0.3, -0.25) is 4.90 Å². The molecule has 1 N–H and O–H groups in total. The molecule has 4 rings (SSSR count). The van der Waals surface area contributed by atoms with Crippen molar-refractivity contribution in [3.8, 4) is 0 Å². The van der Waals surface area contributed by atoms with Crippen LogP contribution in [0.5, 0.6) is 0 Å². The van der Waals surface area contributed by atoms with E-state index in [-0.39, 0.29) is 11.8 Å². The first-order valence-electron chi connectivity index (χ1n) is 11.6. The van der Waals surface area contributed by atoms with Crippen molar-refractivity contribution < 1.29 is 9.84 Å². The van der Waals surface area contributed by atoms with Crippen LogP contribution in [-0.2, 0) is 17.7 Å². The fourth-order valence-electron chi connectivity index (χ4n) is 5.71. The van der Waals surface area contributed by atoms with Gasteiger partial charge in [-0.1, -0.05) is 67.9 Å². The van der Waals surface area contributed by atoms with Crippen molar-refractivity contribution in [2.45, 2.75) is 83.9 Å². The van der Waals surface area contributed by atoms with Gasteiger partial charge in [-0.05, 0) is 56.2 Å². The predicted molar refractivity (Wildman–Crippen MR) is 122 cm³/mol. The lowest BCUT2D eigenvalue weighted by Crippen LogP contribution is -2.64. The second kappa shape index (κ2) is 8.82. The lowest BCUT2D eigenvalue weighted by atomic mass is 9.69. The number of aliphatic hydroxyl groups excluding tert-OH is 1. The largest absolute Gasteiger partial charge is 0.389 e. The third-order valence-corrected chi connectivity index (χ3v) is 7.48. The molecule has 0 spiro atoms. The standard InChI is InChI=1S/C27H37NO2/c1-19-14-15-24-25(16-19)30-26(17-22-12-8-9-13-23(22)20(2)29)28(27(24,3)4)18-21-10-6-5-7-11-21/h5-13,19-20,24-26,29H,14-18H2,1-4H3/t19-,20-,24-,25-,26+/m1/s1. The van der Waals surface area contributed by atoms with Crippen molar-refractivity contribution in [1.82, 2.24) is 4.90 Å². The van der Waals surface area contributed by atoms with Crippen molar-refractivity contribution in [2.75, 3.05) is 0 Å². The summed E-state index contributed by atoms with van der Waals surface area (Å²) < 4.78 is 6.86. The van der Waals surface area contributed by atoms with Crippen LogP contribution in [0.1, 0.15) is 69.8 Å². The molecule has 0 bridgehead atoms. The van der Waals surface area contributed by atoms with Crippen LogP contribution in [0.25, 0.3) is 0 Å². The van der Waals surface area contributed by atoms with Gasteiger partial charge in [0.25, 0.3) is 0 Å². The Kier molecular flexibility index (Phi) is 6.34. The summed E-state index contributed by atoms with van der Waals surface area (Å²) in [6, 6.07) is 19.0. The van der Waals surface area contributed by atoms with Crippen LogP contribution in [0, 0.1) is 11.8 Å². The summed E-state index contributed by atoms with van der Waals surface area (Å²) in [7, 11) is 0. The van der Waals surface area contributed by atoms with E-state index < -0.39 is 6.10 Å². The van der Waals surface area contributed by atoms with E-state index in [1.54, 1.807) is 0 Å². The van der Waals surface area contributed by atoms with E-state index in [1.807, 2.05) is 19.1 Å². The smallest absolute Gasteiger partial charge is 0.115 e. The average molecular weight is 408 g/mol. The number of nitrogens with zero attached hydrogens (tertiary/aromatic N) is 1. The molecule has 1 aliphatic carbocycles. The van der Waals surface area contributed by atoms with Crippen molar-refractivity contribution in [1.29, 1.82) is 0 Å². The Balaban J connectivity index is 1.67. The van der Waals surface area contributed by atoms with Gasteiger partial charge in [0.15, 0.2) is 0 Å². The van der Waals surface area contributed by atoms with E-state index >= 15 is 0 Å². The first-order chi connectivity index (χ1) is 14.4. The zero-order chi connectivity index (χ0) is 21.3. The molecule has 1 saturated heterocycles. The Morgan fingerprint density at radius 2 is 1.77 bits per heavy atom. The van der Waals surface area contributed by atoms with E-state index in [4.69, 9.17) is 4.74 Å². The quantitative estimate of drug-likeness (QED) is 0.687. The highest BCUT2D eigenvalue weighted by Crippen LogP contribution is 2.46. The lowest BCUT2D eigenvalue weighted by molar-refractivity contribution is -0.236. The molecule has 3 nitrogen and oxygen atoms in total. The van der Waals surface area contributed by atoms with Gasteiger partial charge in [0.2, 0.25) is 0 Å². The topological polar surface area (TPSA) is 32.7 Å². The number of ether oxygens (including phenoxy) is 1. The molecule has 2 fully saturated rings. The van der Waals surface area contributed by atoms with Gasteiger partial charge in [0.05, 0.1) is 12.2 Å². The maximum absolute atomic E-state index is 10.3. The Hall–Kier alpha value is -1.68. The highest BCUT2D eigenvalue weighted by molar-refractivity contribution is 5.29. The number of rotatable bonds is 5. The minimum Gasteiger partial charge on any atom is -0.389 e. The van der Waals surface area contributed by atoms with Gasteiger partial charge in [0.1, 0.15) is 6.23 Å². The molecule has 0 amide bonds. The molecule has 30 heavy (non-hydrogen) atoms. The number of fused-ring (bicyclic) bond motifs is 1. The van der Waals surface area contributed by atoms with Gasteiger partial charge < -0.3 is 9.84 Å². The van der Waals surface area contributed by atoms with Crippen LogP contribution in [0.15, 0.2) is 54.6 Å². The molecule has 1 heterocycles. The van der Waals surface area contributed by atoms with Crippen LogP contribution in [0.2, 0.25) is 0 Å². The van der Waals surface area contributed by atoms with Crippen LogP contribution in [-0.4, -0.2) is 27.9 Å². The zero-order valence-electron chi connectivity index (χ0n) is 18.9. The molecule has 162 valence electrons. The Labute approximate surface area is 182 Å². The van der Waals surface area contributed by atoms with Crippen molar-refractivity contribution in [2.24, 2.45) is 11.8 Å². The van der Waals surface area contributed by atoms with E-state index in [2.05, 4.69) is 68.1 Å². The van der Waals surface area contributed by atoms with Crippen LogP contribution < -0.4 is 0 Å². The molecule has 3 heteroatoms. The summed E-state index contributed by atoms with van der Waals surface area (Å²) in [6.45, 7) is 9.93. The molecule has 0 aromatic heterocycles. The molecular weight excluding hydrogens is 370 g/mol. The first-order valence-corrected chi connectivity index (χ1v) is 11.6. The third-order valence-electron chi connectivity index (χ3n) is 7.48. The molecule has 1 saturated carbocycles. The van der Waals surface area contributed by atoms with Crippen LogP contribution in [0.4, 0.5) is 0 Å². The van der Waals surface area contributed by atoms with Crippen LogP contribution in [0.3, 0.4) is 0 Å². The predicted octanol–water partition coefficient (Wildman–Crippen LogP) is 5.72. The molecule has 0 radical (unpaired) electrons. The van der Waals surface area contributed by atoms with Crippen LogP contribution >= 0.6 is 0 Å². The Morgan fingerprint density at radius 3 is 2.50 bits per heavy atom. The monoisotopic (exact) mass is 407 g/mol. The van der Waals surface area contributed by atoms with Gasteiger partial charge in [0, 0.05) is 24.4 Å². The summed E-state index contributed by atoms with van der Waals surface area (Å²) in [4.78, 5) is 2.58. The SMILES string of the molecule is C[C@@H]1CC[C@@H]2[C@@H](C1)O[C@@H](Cc1ccccc1[C@@H](C)O)N(Cc1ccccc1)C2(C)C. The summed E-state index contributed by atoms with van der Waals surface area (Å²) in [6.07, 6.45) is 4.34. The second-order valence-corrected chi connectivity index (χ2v) is 10.00. The van der Waals surface area contributed by atoms with E-state index in [1.165, 1.54) is 24.0 Å². The Morgan fingerprint density at radius 1 is 1.07 bits per heavy atom.